The van der Waals surface area contributed by atoms with Gasteiger partial charge in [-0.25, -0.2) is 9.98 Å². The van der Waals surface area contributed by atoms with Gasteiger partial charge >= 0.3 is 0 Å². The molecule has 2 aromatic carbocycles. The lowest BCUT2D eigenvalue weighted by atomic mass is 10.1. The Kier molecular flexibility index (Phi) is 3.68. The Balaban J connectivity index is 0.00000169. The Hall–Kier alpha value is -2.82. The summed E-state index contributed by atoms with van der Waals surface area (Å²) in [7, 11) is 0. The first-order valence-corrected chi connectivity index (χ1v) is 7.66. The van der Waals surface area contributed by atoms with E-state index in [0.717, 1.165) is 11.1 Å². The van der Waals surface area contributed by atoms with Crippen molar-refractivity contribution in [1.82, 2.24) is 5.32 Å². The Morgan fingerprint density at radius 2 is 1.17 bits per heavy atom. The molecule has 4 rings (SSSR count). The predicted molar refractivity (Wildman–Crippen MR) is 90.4 cm³/mol. The first-order valence-electron chi connectivity index (χ1n) is 7.66. The van der Waals surface area contributed by atoms with Crippen molar-refractivity contribution in [1.29, 1.82) is 0 Å². The average molecular weight is 309 g/mol. The van der Waals surface area contributed by atoms with E-state index in [2.05, 4.69) is 39.6 Å². The fourth-order valence-corrected chi connectivity index (χ4v) is 2.67. The number of rotatable bonds is 2. The monoisotopic (exact) mass is 309 g/mol. The predicted octanol–water partition coefficient (Wildman–Crippen LogP) is 3.08. The molecule has 2 aliphatic rings. The van der Waals surface area contributed by atoms with Gasteiger partial charge in [-0.1, -0.05) is 60.7 Å². The largest absolute Gasteiger partial charge is 0.462 e. The Morgan fingerprint density at radius 3 is 1.61 bits per heavy atom. The van der Waals surface area contributed by atoms with Gasteiger partial charge in [0.2, 0.25) is 0 Å². The topological polar surface area (TPSA) is 55.2 Å². The van der Waals surface area contributed by atoms with E-state index in [1.54, 1.807) is 0 Å². The summed E-state index contributed by atoms with van der Waals surface area (Å²) < 4.78 is 11.2. The van der Waals surface area contributed by atoms with Crippen LogP contribution in [0.25, 0.3) is 0 Å². The van der Waals surface area contributed by atoms with E-state index in [1.165, 1.54) is 0 Å². The normalized spacial score (nSPS) is 22.8. The number of benzene rings is 2. The molecule has 0 bridgehead atoms. The van der Waals surface area contributed by atoms with Crippen molar-refractivity contribution >= 4 is 12.0 Å². The van der Waals surface area contributed by atoms with Gasteiger partial charge < -0.3 is 9.47 Å². The lowest BCUT2D eigenvalue weighted by Crippen LogP contribution is -2.30. The highest BCUT2D eigenvalue weighted by atomic mass is 16.5. The molecule has 2 heterocycles. The zero-order chi connectivity index (χ0) is 15.5. The molecule has 1 N–H and O–H groups in total. The maximum absolute atomic E-state index is 5.60. The minimum Gasteiger partial charge on any atom is -0.462 e. The fraction of sp³-hybridized carbons (Fsp3) is 0.222. The summed E-state index contributed by atoms with van der Waals surface area (Å²) in [5, 5.41) is 3.03. The number of ether oxygens (including phenoxy) is 2. The van der Waals surface area contributed by atoms with Crippen molar-refractivity contribution in [3.05, 3.63) is 71.8 Å². The fourth-order valence-electron chi connectivity index (χ4n) is 2.67. The summed E-state index contributed by atoms with van der Waals surface area (Å²) in [5.74, 6) is 0. The molecule has 0 aromatic heterocycles. The van der Waals surface area contributed by atoms with Crippen LogP contribution in [0.1, 0.15) is 24.6 Å². The molecular formula is C18H19N3O2. The standard InChI is InChI=1S/C18H17N3O2.H2/c1-3-7-13(8-4-1)15-11-22-17(19-15)21-18-20-16(12-23-18)14-9-5-2-6-10-14;/h1-10,15-16H,11-12H2,(H,19,20,21);1H. The van der Waals surface area contributed by atoms with Crippen LogP contribution in [0, 0.1) is 0 Å². The maximum Gasteiger partial charge on any atom is 0.293 e. The van der Waals surface area contributed by atoms with Gasteiger partial charge in [-0.2, -0.15) is 0 Å². The molecule has 23 heavy (non-hydrogen) atoms. The molecule has 5 nitrogen and oxygen atoms in total. The molecule has 0 amide bonds. The van der Waals surface area contributed by atoms with E-state index in [4.69, 9.17) is 9.47 Å². The van der Waals surface area contributed by atoms with E-state index in [1.807, 2.05) is 36.4 Å². The van der Waals surface area contributed by atoms with Gasteiger partial charge in [0.05, 0.1) is 0 Å². The third kappa shape index (κ3) is 3.04. The van der Waals surface area contributed by atoms with Gasteiger partial charge in [-0.3, -0.25) is 5.32 Å². The van der Waals surface area contributed by atoms with Gasteiger partial charge in [0.1, 0.15) is 25.3 Å². The summed E-state index contributed by atoms with van der Waals surface area (Å²) in [4.78, 5) is 9.08. The van der Waals surface area contributed by atoms with Crippen molar-refractivity contribution in [3.8, 4) is 0 Å². The van der Waals surface area contributed by atoms with Gasteiger partial charge in [-0.15, -0.1) is 0 Å². The zero-order valence-corrected chi connectivity index (χ0v) is 12.6. The summed E-state index contributed by atoms with van der Waals surface area (Å²) >= 11 is 0. The molecule has 5 heteroatoms. The number of nitrogens with one attached hydrogen (secondary N) is 1. The molecule has 2 aromatic rings. The van der Waals surface area contributed by atoms with Gasteiger partial charge in [0.15, 0.2) is 0 Å². The molecule has 2 aliphatic heterocycles. The van der Waals surface area contributed by atoms with Crippen LogP contribution in [0.2, 0.25) is 0 Å². The Bertz CT molecular complexity index is 671. The summed E-state index contributed by atoms with van der Waals surface area (Å²) in [5.41, 5.74) is 2.28. The average Bonchev–Trinajstić information content (AvgIpc) is 3.27. The molecule has 0 radical (unpaired) electrons. The molecule has 118 valence electrons. The van der Waals surface area contributed by atoms with Crippen LogP contribution in [0.3, 0.4) is 0 Å². The van der Waals surface area contributed by atoms with Crippen molar-refractivity contribution in [2.24, 2.45) is 9.98 Å². The zero-order valence-electron chi connectivity index (χ0n) is 12.6. The molecule has 0 fully saturated rings. The van der Waals surface area contributed by atoms with Gasteiger partial charge in [0, 0.05) is 1.43 Å². The van der Waals surface area contributed by atoms with Crippen LogP contribution in [0.4, 0.5) is 0 Å². The van der Waals surface area contributed by atoms with E-state index < -0.39 is 0 Å². The van der Waals surface area contributed by atoms with Crippen LogP contribution in [-0.4, -0.2) is 25.3 Å². The third-order valence-electron chi connectivity index (χ3n) is 3.88. The van der Waals surface area contributed by atoms with E-state index in [-0.39, 0.29) is 13.5 Å². The van der Waals surface area contributed by atoms with Crippen molar-refractivity contribution < 1.29 is 10.9 Å². The van der Waals surface area contributed by atoms with Crippen LogP contribution in [0.15, 0.2) is 70.6 Å². The quantitative estimate of drug-likeness (QED) is 0.927. The highest BCUT2D eigenvalue weighted by Crippen LogP contribution is 2.24. The summed E-state index contributed by atoms with van der Waals surface area (Å²) in [6.07, 6.45) is 0. The molecule has 0 aliphatic carbocycles. The van der Waals surface area contributed by atoms with Gasteiger partial charge in [0.25, 0.3) is 12.0 Å². The van der Waals surface area contributed by atoms with E-state index >= 15 is 0 Å². The van der Waals surface area contributed by atoms with Crippen molar-refractivity contribution in [3.63, 3.8) is 0 Å². The smallest absolute Gasteiger partial charge is 0.293 e. The molecule has 2 unspecified atom stereocenters. The molecule has 0 saturated carbocycles. The molecular weight excluding hydrogens is 290 g/mol. The second-order valence-electron chi connectivity index (χ2n) is 5.47. The first kappa shape index (κ1) is 13.8. The second kappa shape index (κ2) is 6.12. The van der Waals surface area contributed by atoms with Crippen LogP contribution < -0.4 is 5.32 Å². The molecule has 0 saturated heterocycles. The minimum atomic E-state index is 0. The van der Waals surface area contributed by atoms with Crippen molar-refractivity contribution in [2.75, 3.05) is 13.2 Å². The lowest BCUT2D eigenvalue weighted by molar-refractivity contribution is 0.293. The number of hydrogen-bond acceptors (Lipinski definition) is 5. The number of hydrogen-bond donors (Lipinski definition) is 1. The first-order chi connectivity index (χ1) is 11.4. The third-order valence-corrected chi connectivity index (χ3v) is 3.88. The van der Waals surface area contributed by atoms with Crippen molar-refractivity contribution in [2.45, 2.75) is 12.1 Å². The highest BCUT2D eigenvalue weighted by Gasteiger charge is 2.25. The number of aliphatic imine (C=N–C) groups is 2. The molecule has 0 spiro atoms. The van der Waals surface area contributed by atoms with Crippen LogP contribution in [-0.2, 0) is 9.47 Å². The Morgan fingerprint density at radius 1 is 0.739 bits per heavy atom. The number of amidine groups is 2. The Labute approximate surface area is 136 Å². The lowest BCUT2D eigenvalue weighted by Gasteiger charge is -2.03. The SMILES string of the molecule is [HH].c1ccc(C2COC(NC3=NC(c4ccccc4)CO3)=N2)cc1. The summed E-state index contributed by atoms with van der Waals surface area (Å²) in [6, 6.07) is 21.2. The van der Waals surface area contributed by atoms with E-state index in [0.29, 0.717) is 25.3 Å². The maximum atomic E-state index is 5.60. The van der Waals surface area contributed by atoms with Crippen LogP contribution >= 0.6 is 0 Å². The van der Waals surface area contributed by atoms with Crippen LogP contribution in [0.5, 0.6) is 0 Å². The van der Waals surface area contributed by atoms with E-state index in [9.17, 15) is 0 Å². The highest BCUT2D eigenvalue weighted by molar-refractivity contribution is 5.94. The number of nitrogens with zero attached hydrogens (tertiary/aromatic N) is 2. The molecule has 2 atom stereocenters. The second-order valence-corrected chi connectivity index (χ2v) is 5.47. The summed E-state index contributed by atoms with van der Waals surface area (Å²) in [6.45, 7) is 1.06. The minimum absolute atomic E-state index is 0. The van der Waals surface area contributed by atoms with Gasteiger partial charge in [-0.05, 0) is 11.1 Å².